The molecule has 118 valence electrons. The predicted molar refractivity (Wildman–Crippen MR) is 84.7 cm³/mol. The fourth-order valence-electron chi connectivity index (χ4n) is 2.71. The molecule has 6 heteroatoms. The van der Waals surface area contributed by atoms with Gasteiger partial charge in [0.25, 0.3) is 0 Å². The van der Waals surface area contributed by atoms with Crippen molar-refractivity contribution >= 4 is 11.8 Å². The minimum atomic E-state index is -0.0142. The van der Waals surface area contributed by atoms with E-state index in [0.717, 1.165) is 45.0 Å². The second-order valence-corrected chi connectivity index (χ2v) is 5.53. The molecule has 0 aliphatic carbocycles. The van der Waals surface area contributed by atoms with Crippen molar-refractivity contribution in [3.8, 4) is 0 Å². The van der Waals surface area contributed by atoms with Crippen LogP contribution in [0.4, 0.5) is 10.6 Å². The molecule has 22 heavy (non-hydrogen) atoms. The van der Waals surface area contributed by atoms with Gasteiger partial charge in [-0.2, -0.15) is 0 Å². The molecule has 1 N–H and O–H groups in total. The number of carbonyl (C=O) groups excluding carboxylic acids is 1. The molecule has 0 saturated carbocycles. The van der Waals surface area contributed by atoms with Crippen molar-refractivity contribution in [1.29, 1.82) is 0 Å². The highest BCUT2D eigenvalue weighted by atomic mass is 16.5. The lowest BCUT2D eigenvalue weighted by Crippen LogP contribution is -2.51. The molecule has 1 aromatic rings. The highest BCUT2D eigenvalue weighted by Crippen LogP contribution is 2.14. The number of hydrogen-bond acceptors (Lipinski definition) is 4. The van der Waals surface area contributed by atoms with E-state index < -0.39 is 0 Å². The van der Waals surface area contributed by atoms with Crippen LogP contribution in [0.25, 0.3) is 0 Å². The lowest BCUT2D eigenvalue weighted by Gasteiger charge is -2.35. The zero-order valence-electron chi connectivity index (χ0n) is 12.7. The Morgan fingerprint density at radius 2 is 1.95 bits per heavy atom. The zero-order chi connectivity index (χ0) is 15.2. The molecule has 0 spiro atoms. The van der Waals surface area contributed by atoms with E-state index in [4.69, 9.17) is 4.74 Å². The summed E-state index contributed by atoms with van der Waals surface area (Å²) in [6, 6.07) is 5.89. The third kappa shape index (κ3) is 3.76. The summed E-state index contributed by atoms with van der Waals surface area (Å²) in [6.07, 6.45) is 5.48. The third-order valence-electron chi connectivity index (χ3n) is 4.07. The SMILES string of the molecule is O=C(NC=C1CCOCC1)N1CCN(c2ccccn2)CC1. The number of nitrogens with zero attached hydrogens (tertiary/aromatic N) is 3. The van der Waals surface area contributed by atoms with Crippen molar-refractivity contribution in [3.63, 3.8) is 0 Å². The molecule has 0 bridgehead atoms. The second kappa shape index (κ2) is 7.26. The molecule has 0 atom stereocenters. The van der Waals surface area contributed by atoms with E-state index in [2.05, 4.69) is 15.2 Å². The average molecular weight is 302 g/mol. The number of rotatable bonds is 2. The summed E-state index contributed by atoms with van der Waals surface area (Å²) in [7, 11) is 0. The number of carbonyl (C=O) groups is 1. The van der Waals surface area contributed by atoms with Gasteiger partial charge in [-0.15, -0.1) is 0 Å². The van der Waals surface area contributed by atoms with Gasteiger partial charge in [0.05, 0.1) is 13.2 Å². The molecule has 2 saturated heterocycles. The molecule has 2 amide bonds. The molecule has 3 heterocycles. The van der Waals surface area contributed by atoms with Crippen LogP contribution in [0.15, 0.2) is 36.2 Å². The fraction of sp³-hybridized carbons (Fsp3) is 0.500. The maximum absolute atomic E-state index is 12.2. The lowest BCUT2D eigenvalue weighted by atomic mass is 10.1. The summed E-state index contributed by atoms with van der Waals surface area (Å²) >= 11 is 0. The quantitative estimate of drug-likeness (QED) is 0.902. The van der Waals surface area contributed by atoms with Crippen LogP contribution < -0.4 is 10.2 Å². The van der Waals surface area contributed by atoms with Crippen molar-refractivity contribution in [2.45, 2.75) is 12.8 Å². The molecule has 3 rings (SSSR count). The summed E-state index contributed by atoms with van der Waals surface area (Å²) in [5.41, 5.74) is 1.26. The molecule has 2 aliphatic rings. The van der Waals surface area contributed by atoms with Gasteiger partial charge in [-0.1, -0.05) is 6.07 Å². The van der Waals surface area contributed by atoms with Crippen LogP contribution in [0.3, 0.4) is 0 Å². The molecular formula is C16H22N4O2. The molecule has 2 fully saturated rings. The topological polar surface area (TPSA) is 57.7 Å². The molecular weight excluding hydrogens is 280 g/mol. The van der Waals surface area contributed by atoms with Crippen molar-refractivity contribution < 1.29 is 9.53 Å². The van der Waals surface area contributed by atoms with Crippen molar-refractivity contribution in [2.24, 2.45) is 0 Å². The minimum Gasteiger partial charge on any atom is -0.381 e. The zero-order valence-corrected chi connectivity index (χ0v) is 12.7. The maximum Gasteiger partial charge on any atom is 0.321 e. The second-order valence-electron chi connectivity index (χ2n) is 5.53. The van der Waals surface area contributed by atoms with Gasteiger partial charge in [-0.3, -0.25) is 0 Å². The van der Waals surface area contributed by atoms with E-state index in [1.165, 1.54) is 5.57 Å². The van der Waals surface area contributed by atoms with Crippen molar-refractivity contribution in [3.05, 3.63) is 36.2 Å². The summed E-state index contributed by atoms with van der Waals surface area (Å²) in [5.74, 6) is 0.979. The molecule has 1 aromatic heterocycles. The Morgan fingerprint density at radius 1 is 1.18 bits per heavy atom. The first kappa shape index (κ1) is 14.8. The summed E-state index contributed by atoms with van der Waals surface area (Å²) in [4.78, 5) is 20.6. The standard InChI is InChI=1S/C16H22N4O2/c21-16(18-13-14-4-11-22-12-5-14)20-9-7-19(8-10-20)15-3-1-2-6-17-15/h1-3,6,13H,4-5,7-12H2,(H,18,21). The predicted octanol–water partition coefficient (Wildman–Crippen LogP) is 1.61. The van der Waals surface area contributed by atoms with Crippen molar-refractivity contribution in [2.75, 3.05) is 44.3 Å². The minimum absolute atomic E-state index is 0.0142. The highest BCUT2D eigenvalue weighted by Gasteiger charge is 2.21. The number of aromatic nitrogens is 1. The first-order chi connectivity index (χ1) is 10.8. The van der Waals surface area contributed by atoms with Gasteiger partial charge in [-0.25, -0.2) is 9.78 Å². The molecule has 0 aromatic carbocycles. The smallest absolute Gasteiger partial charge is 0.321 e. The van der Waals surface area contributed by atoms with Crippen LogP contribution in [-0.4, -0.2) is 55.3 Å². The Balaban J connectivity index is 1.47. The molecule has 2 aliphatic heterocycles. The first-order valence-corrected chi connectivity index (χ1v) is 7.80. The van der Waals surface area contributed by atoms with E-state index in [0.29, 0.717) is 13.1 Å². The summed E-state index contributed by atoms with van der Waals surface area (Å²) in [5, 5.41) is 2.91. The van der Waals surface area contributed by atoms with Gasteiger partial charge in [0.2, 0.25) is 0 Å². The van der Waals surface area contributed by atoms with E-state index in [1.54, 1.807) is 6.20 Å². The summed E-state index contributed by atoms with van der Waals surface area (Å²) < 4.78 is 5.30. The van der Waals surface area contributed by atoms with Gasteiger partial charge < -0.3 is 19.9 Å². The van der Waals surface area contributed by atoms with E-state index in [1.807, 2.05) is 29.3 Å². The van der Waals surface area contributed by atoms with Crippen molar-refractivity contribution in [1.82, 2.24) is 15.2 Å². The van der Waals surface area contributed by atoms with E-state index in [9.17, 15) is 4.79 Å². The number of piperazine rings is 1. The van der Waals surface area contributed by atoms with Crippen LogP contribution in [0, 0.1) is 0 Å². The number of pyridine rings is 1. The van der Waals surface area contributed by atoms with Gasteiger partial charge in [0, 0.05) is 38.6 Å². The largest absolute Gasteiger partial charge is 0.381 e. The number of hydrogen-bond donors (Lipinski definition) is 1. The number of nitrogens with one attached hydrogen (secondary N) is 1. The maximum atomic E-state index is 12.2. The Kier molecular flexibility index (Phi) is 4.90. The average Bonchev–Trinajstić information content (AvgIpc) is 2.61. The first-order valence-electron chi connectivity index (χ1n) is 7.80. The molecule has 0 unspecified atom stereocenters. The van der Waals surface area contributed by atoms with Crippen LogP contribution in [0.2, 0.25) is 0 Å². The lowest BCUT2D eigenvalue weighted by molar-refractivity contribution is 0.118. The molecule has 6 nitrogen and oxygen atoms in total. The Hall–Kier alpha value is -2.08. The van der Waals surface area contributed by atoms with E-state index in [-0.39, 0.29) is 6.03 Å². The van der Waals surface area contributed by atoms with Crippen LogP contribution in [0.1, 0.15) is 12.8 Å². The highest BCUT2D eigenvalue weighted by molar-refractivity contribution is 5.75. The van der Waals surface area contributed by atoms with Gasteiger partial charge in [0.15, 0.2) is 0 Å². The Morgan fingerprint density at radius 3 is 2.64 bits per heavy atom. The normalized spacial score (nSPS) is 19.0. The van der Waals surface area contributed by atoms with Crippen LogP contribution in [0.5, 0.6) is 0 Å². The van der Waals surface area contributed by atoms with Crippen LogP contribution in [-0.2, 0) is 4.74 Å². The summed E-state index contributed by atoms with van der Waals surface area (Å²) in [6.45, 7) is 4.57. The van der Waals surface area contributed by atoms with Gasteiger partial charge in [0.1, 0.15) is 5.82 Å². The number of ether oxygens (including phenoxy) is 1. The van der Waals surface area contributed by atoms with Gasteiger partial charge >= 0.3 is 6.03 Å². The van der Waals surface area contributed by atoms with Crippen LogP contribution >= 0.6 is 0 Å². The van der Waals surface area contributed by atoms with E-state index >= 15 is 0 Å². The fourth-order valence-corrected chi connectivity index (χ4v) is 2.71. The van der Waals surface area contributed by atoms with Gasteiger partial charge in [-0.05, 0) is 30.5 Å². The molecule has 0 radical (unpaired) electrons. The number of anilines is 1. The third-order valence-corrected chi connectivity index (χ3v) is 4.07. The number of urea groups is 1. The number of amides is 2. The Bertz CT molecular complexity index is 516. The Labute approximate surface area is 130 Å². The monoisotopic (exact) mass is 302 g/mol.